The second-order valence-electron chi connectivity index (χ2n) is 9.68. The van der Waals surface area contributed by atoms with Crippen molar-refractivity contribution in [2.75, 3.05) is 12.8 Å². The number of aromatic nitrogens is 4. The molecule has 3 aliphatic rings. The largest absolute Gasteiger partial charge is 0.383 e. The summed E-state index contributed by atoms with van der Waals surface area (Å²) in [5, 5.41) is 9.24. The molecule has 7 rings (SSSR count). The standard InChI is InChI=1S/C25H24ClN7O2/c1-31-21-18-7-15(3-6-20(18)30-22(27)19(21)12-29-31)23(34)33(13-17-5-4-16(26)11-28-17)32(2)24(35)25-8-14(9-25)10-25/h3-7,11-12,14H,8-10,13H2,1-2H3,(H2,27,30). The molecule has 178 valence electrons. The van der Waals surface area contributed by atoms with Gasteiger partial charge in [-0.3, -0.25) is 24.3 Å². The zero-order chi connectivity index (χ0) is 24.5. The molecule has 0 unspecified atom stereocenters. The number of hydrogen-bond donors (Lipinski definition) is 1. The number of aryl methyl sites for hydroxylation is 1. The summed E-state index contributed by atoms with van der Waals surface area (Å²) in [5.41, 5.74) is 8.31. The summed E-state index contributed by atoms with van der Waals surface area (Å²) in [6.45, 7) is 0.136. The van der Waals surface area contributed by atoms with Crippen LogP contribution in [0.5, 0.6) is 0 Å². The van der Waals surface area contributed by atoms with E-state index < -0.39 is 0 Å². The molecule has 0 radical (unpaired) electrons. The Kier molecular flexibility index (Phi) is 4.76. The van der Waals surface area contributed by atoms with Crippen molar-refractivity contribution in [2.45, 2.75) is 25.8 Å². The number of pyridine rings is 2. The van der Waals surface area contributed by atoms with Crippen molar-refractivity contribution in [3.05, 3.63) is 59.0 Å². The minimum Gasteiger partial charge on any atom is -0.383 e. The van der Waals surface area contributed by atoms with Gasteiger partial charge in [-0.05, 0) is 55.5 Å². The fourth-order valence-corrected chi connectivity index (χ4v) is 5.51. The predicted octanol–water partition coefficient (Wildman–Crippen LogP) is 3.57. The fraction of sp³-hybridized carbons (Fsp3) is 0.320. The van der Waals surface area contributed by atoms with E-state index in [2.05, 4.69) is 15.1 Å². The number of benzene rings is 1. The summed E-state index contributed by atoms with van der Waals surface area (Å²) >= 11 is 6.00. The quantitative estimate of drug-likeness (QED) is 0.439. The molecule has 3 saturated carbocycles. The lowest BCUT2D eigenvalue weighted by Gasteiger charge is -2.61. The highest BCUT2D eigenvalue weighted by molar-refractivity contribution is 6.30. The van der Waals surface area contributed by atoms with Gasteiger partial charge in [-0.25, -0.2) is 9.99 Å². The first-order valence-electron chi connectivity index (χ1n) is 11.5. The number of carbonyl (C=O) groups is 2. The van der Waals surface area contributed by atoms with E-state index in [-0.39, 0.29) is 23.8 Å². The Morgan fingerprint density at radius 3 is 2.60 bits per heavy atom. The van der Waals surface area contributed by atoms with E-state index in [1.165, 1.54) is 16.2 Å². The number of hydrogen-bond acceptors (Lipinski definition) is 6. The van der Waals surface area contributed by atoms with Gasteiger partial charge in [0.15, 0.2) is 0 Å². The summed E-state index contributed by atoms with van der Waals surface area (Å²) in [4.78, 5) is 36.1. The molecule has 35 heavy (non-hydrogen) atoms. The molecule has 2 N–H and O–H groups in total. The predicted molar refractivity (Wildman–Crippen MR) is 132 cm³/mol. The summed E-state index contributed by atoms with van der Waals surface area (Å²) < 4.78 is 1.72. The molecule has 2 amide bonds. The maximum atomic E-state index is 13.9. The number of amides is 2. The smallest absolute Gasteiger partial charge is 0.272 e. The Labute approximate surface area is 206 Å². The van der Waals surface area contributed by atoms with Gasteiger partial charge in [0.1, 0.15) is 5.82 Å². The molecule has 2 bridgehead atoms. The van der Waals surface area contributed by atoms with E-state index in [0.29, 0.717) is 33.5 Å². The third-order valence-corrected chi connectivity index (χ3v) is 7.66. The number of fused-ring (bicyclic) bond motifs is 3. The second-order valence-corrected chi connectivity index (χ2v) is 10.1. The molecule has 1 aromatic carbocycles. The average molecular weight is 490 g/mol. The van der Waals surface area contributed by atoms with Gasteiger partial charge in [0.05, 0.1) is 45.3 Å². The molecule has 3 aliphatic carbocycles. The number of nitrogen functional groups attached to an aromatic ring is 1. The number of anilines is 1. The zero-order valence-corrected chi connectivity index (χ0v) is 20.2. The van der Waals surface area contributed by atoms with E-state index in [0.717, 1.165) is 35.6 Å². The van der Waals surface area contributed by atoms with Gasteiger partial charge >= 0.3 is 0 Å². The van der Waals surface area contributed by atoms with Gasteiger partial charge in [-0.15, -0.1) is 0 Å². The Morgan fingerprint density at radius 1 is 1.17 bits per heavy atom. The van der Waals surface area contributed by atoms with Crippen LogP contribution in [-0.2, 0) is 18.4 Å². The van der Waals surface area contributed by atoms with E-state index in [4.69, 9.17) is 17.3 Å². The normalized spacial score (nSPS) is 20.4. The summed E-state index contributed by atoms with van der Waals surface area (Å²) in [6, 6.07) is 8.75. The van der Waals surface area contributed by atoms with Crippen molar-refractivity contribution >= 4 is 51.0 Å². The Morgan fingerprint density at radius 2 is 1.94 bits per heavy atom. The lowest BCUT2D eigenvalue weighted by molar-refractivity contribution is -0.187. The number of carbonyl (C=O) groups excluding carboxylic acids is 2. The third-order valence-electron chi connectivity index (χ3n) is 7.44. The highest BCUT2D eigenvalue weighted by atomic mass is 35.5. The van der Waals surface area contributed by atoms with Crippen LogP contribution in [0.1, 0.15) is 35.3 Å². The van der Waals surface area contributed by atoms with Crippen LogP contribution >= 0.6 is 11.6 Å². The lowest BCUT2D eigenvalue weighted by Crippen LogP contribution is -2.63. The second kappa shape index (κ2) is 7.64. The number of nitrogens with two attached hydrogens (primary N) is 1. The molecule has 3 fully saturated rings. The van der Waals surface area contributed by atoms with Gasteiger partial charge in [0.25, 0.3) is 5.91 Å². The molecule has 0 saturated heterocycles. The maximum Gasteiger partial charge on any atom is 0.272 e. The number of hydrazine groups is 1. The lowest BCUT2D eigenvalue weighted by atomic mass is 9.44. The van der Waals surface area contributed by atoms with Gasteiger partial charge in [-0.1, -0.05) is 11.6 Å². The summed E-state index contributed by atoms with van der Waals surface area (Å²) in [7, 11) is 3.49. The van der Waals surface area contributed by atoms with Crippen LogP contribution in [0.4, 0.5) is 5.82 Å². The maximum absolute atomic E-state index is 13.9. The van der Waals surface area contributed by atoms with Crippen molar-refractivity contribution in [3.63, 3.8) is 0 Å². The van der Waals surface area contributed by atoms with Crippen LogP contribution in [0, 0.1) is 11.3 Å². The van der Waals surface area contributed by atoms with Crippen molar-refractivity contribution < 1.29 is 9.59 Å². The first-order valence-corrected chi connectivity index (χ1v) is 11.8. The van der Waals surface area contributed by atoms with Crippen molar-refractivity contribution in [1.82, 2.24) is 29.8 Å². The molecular formula is C25H24ClN7O2. The first kappa shape index (κ1) is 21.8. The molecule has 0 spiro atoms. The highest BCUT2D eigenvalue weighted by Gasteiger charge is 2.62. The monoisotopic (exact) mass is 489 g/mol. The van der Waals surface area contributed by atoms with E-state index in [1.807, 2.05) is 7.05 Å². The van der Waals surface area contributed by atoms with Gasteiger partial charge < -0.3 is 5.73 Å². The van der Waals surface area contributed by atoms with Crippen LogP contribution in [-0.4, -0.2) is 48.6 Å². The van der Waals surface area contributed by atoms with E-state index in [1.54, 1.807) is 48.3 Å². The molecule has 3 aromatic heterocycles. The van der Waals surface area contributed by atoms with E-state index in [9.17, 15) is 9.59 Å². The van der Waals surface area contributed by atoms with Crippen molar-refractivity contribution in [1.29, 1.82) is 0 Å². The number of halogens is 1. The van der Waals surface area contributed by atoms with Gasteiger partial charge in [-0.2, -0.15) is 5.10 Å². The van der Waals surface area contributed by atoms with Crippen molar-refractivity contribution in [3.8, 4) is 0 Å². The highest BCUT2D eigenvalue weighted by Crippen LogP contribution is 2.65. The van der Waals surface area contributed by atoms with Crippen LogP contribution in [0.2, 0.25) is 5.02 Å². The van der Waals surface area contributed by atoms with Crippen LogP contribution in [0.25, 0.3) is 21.8 Å². The number of rotatable bonds is 4. The topological polar surface area (TPSA) is 110 Å². The minimum absolute atomic E-state index is 0.0217. The molecule has 3 heterocycles. The van der Waals surface area contributed by atoms with Crippen molar-refractivity contribution in [2.24, 2.45) is 18.4 Å². The van der Waals surface area contributed by atoms with Crippen LogP contribution in [0.15, 0.2) is 42.7 Å². The Hall–Kier alpha value is -3.72. The fourth-order valence-electron chi connectivity index (χ4n) is 5.40. The first-order chi connectivity index (χ1) is 16.8. The Balaban J connectivity index is 1.40. The molecule has 4 aromatic rings. The third kappa shape index (κ3) is 3.33. The van der Waals surface area contributed by atoms with E-state index >= 15 is 0 Å². The Bertz CT molecular complexity index is 1500. The molecular weight excluding hydrogens is 466 g/mol. The molecule has 0 atom stereocenters. The summed E-state index contributed by atoms with van der Waals surface area (Å²) in [5.74, 6) is 0.708. The molecule has 0 aliphatic heterocycles. The van der Waals surface area contributed by atoms with Gasteiger partial charge in [0, 0.05) is 31.2 Å². The SMILES string of the molecule is CN(C(=O)C12CC(C1)C2)N(Cc1ccc(Cl)cn1)C(=O)c1ccc2nc(N)c3cnn(C)c3c2c1. The number of nitrogens with zero attached hydrogens (tertiary/aromatic N) is 6. The molecule has 10 heteroatoms. The van der Waals surface area contributed by atoms with Gasteiger partial charge in [0.2, 0.25) is 5.91 Å². The molecule has 9 nitrogen and oxygen atoms in total. The minimum atomic E-state index is -0.322. The summed E-state index contributed by atoms with van der Waals surface area (Å²) in [6.07, 6.45) is 5.91. The van der Waals surface area contributed by atoms with Crippen LogP contribution in [0.3, 0.4) is 0 Å². The zero-order valence-electron chi connectivity index (χ0n) is 19.4. The van der Waals surface area contributed by atoms with Crippen LogP contribution < -0.4 is 5.73 Å². The average Bonchev–Trinajstić information content (AvgIpc) is 3.18.